The molecule has 1 aliphatic rings. The largest absolute Gasteiger partial charge is 0.298 e. The van der Waals surface area contributed by atoms with E-state index in [9.17, 15) is 9.59 Å². The van der Waals surface area contributed by atoms with Crippen LogP contribution in [0, 0.1) is 0 Å². The van der Waals surface area contributed by atoms with Crippen LogP contribution in [0.3, 0.4) is 0 Å². The summed E-state index contributed by atoms with van der Waals surface area (Å²) in [6.07, 6.45) is 3.29. The fourth-order valence-electron chi connectivity index (χ4n) is 2.37. The number of allylic oxidation sites excluding steroid dienone is 2. The molecule has 0 spiro atoms. The SMILES string of the molecule is O=C1NC(=S)N(c2ccc(Cl)cc2)C(=O)/C1=C/C(Br)=C/c1ccccc1. The molecule has 0 unspecified atom stereocenters. The van der Waals surface area contributed by atoms with Crippen molar-refractivity contribution in [3.05, 3.63) is 81.3 Å². The van der Waals surface area contributed by atoms with Crippen molar-refractivity contribution in [1.82, 2.24) is 5.32 Å². The van der Waals surface area contributed by atoms with Crippen LogP contribution < -0.4 is 10.2 Å². The van der Waals surface area contributed by atoms with E-state index in [-0.39, 0.29) is 10.7 Å². The van der Waals surface area contributed by atoms with Crippen molar-refractivity contribution in [2.45, 2.75) is 0 Å². The smallest absolute Gasteiger partial charge is 0.270 e. The zero-order valence-corrected chi connectivity index (χ0v) is 16.4. The number of carbonyl (C=O) groups excluding carboxylic acids is 2. The Morgan fingerprint density at radius 3 is 2.38 bits per heavy atom. The normalized spacial score (nSPS) is 16.8. The lowest BCUT2D eigenvalue weighted by Gasteiger charge is -2.28. The predicted molar refractivity (Wildman–Crippen MR) is 111 cm³/mol. The summed E-state index contributed by atoms with van der Waals surface area (Å²) in [6.45, 7) is 0. The molecule has 0 bridgehead atoms. The summed E-state index contributed by atoms with van der Waals surface area (Å²) in [7, 11) is 0. The lowest BCUT2D eigenvalue weighted by molar-refractivity contribution is -0.122. The van der Waals surface area contributed by atoms with Crippen molar-refractivity contribution >= 4 is 68.4 Å². The average Bonchev–Trinajstić information content (AvgIpc) is 2.61. The summed E-state index contributed by atoms with van der Waals surface area (Å²) >= 11 is 14.4. The fourth-order valence-corrected chi connectivity index (χ4v) is 3.27. The molecule has 130 valence electrons. The Bertz CT molecular complexity index is 940. The van der Waals surface area contributed by atoms with Crippen molar-refractivity contribution in [1.29, 1.82) is 0 Å². The van der Waals surface area contributed by atoms with Gasteiger partial charge in [-0.1, -0.05) is 57.9 Å². The first kappa shape index (κ1) is 18.5. The maximum atomic E-state index is 12.8. The van der Waals surface area contributed by atoms with Gasteiger partial charge in [0.15, 0.2) is 5.11 Å². The van der Waals surface area contributed by atoms with Gasteiger partial charge < -0.3 is 0 Å². The average molecular weight is 448 g/mol. The Morgan fingerprint density at radius 2 is 1.73 bits per heavy atom. The Morgan fingerprint density at radius 1 is 1.08 bits per heavy atom. The molecule has 1 saturated heterocycles. The van der Waals surface area contributed by atoms with Gasteiger partial charge in [-0.15, -0.1) is 0 Å². The van der Waals surface area contributed by atoms with Crippen LogP contribution >= 0.6 is 39.7 Å². The summed E-state index contributed by atoms with van der Waals surface area (Å²) in [5, 5.41) is 3.11. The van der Waals surface area contributed by atoms with Crippen LogP contribution in [0.4, 0.5) is 5.69 Å². The van der Waals surface area contributed by atoms with Gasteiger partial charge in [0.25, 0.3) is 11.8 Å². The second kappa shape index (κ2) is 7.95. The van der Waals surface area contributed by atoms with E-state index in [1.165, 1.54) is 11.0 Å². The highest BCUT2D eigenvalue weighted by Gasteiger charge is 2.34. The third-order valence-electron chi connectivity index (χ3n) is 3.57. The highest BCUT2D eigenvalue weighted by atomic mass is 79.9. The number of halogens is 2. The molecule has 1 fully saturated rings. The van der Waals surface area contributed by atoms with Crippen molar-refractivity contribution in [2.75, 3.05) is 4.90 Å². The lowest BCUT2D eigenvalue weighted by atomic mass is 10.1. The minimum Gasteiger partial charge on any atom is -0.298 e. The number of thiocarbonyl (C=S) groups is 1. The van der Waals surface area contributed by atoms with E-state index in [0.717, 1.165) is 5.56 Å². The fraction of sp³-hybridized carbons (Fsp3) is 0. The van der Waals surface area contributed by atoms with E-state index in [0.29, 0.717) is 15.2 Å². The van der Waals surface area contributed by atoms with Gasteiger partial charge in [0.05, 0.1) is 5.69 Å². The minimum atomic E-state index is -0.538. The molecular formula is C19H12BrClN2O2S. The maximum Gasteiger partial charge on any atom is 0.270 e. The van der Waals surface area contributed by atoms with Gasteiger partial charge in [-0.25, -0.2) is 0 Å². The number of carbonyl (C=O) groups is 2. The van der Waals surface area contributed by atoms with Crippen LogP contribution in [-0.4, -0.2) is 16.9 Å². The molecule has 0 aromatic heterocycles. The van der Waals surface area contributed by atoms with Gasteiger partial charge in [0, 0.05) is 9.51 Å². The van der Waals surface area contributed by atoms with Gasteiger partial charge in [-0.05, 0) is 54.2 Å². The summed E-state index contributed by atoms with van der Waals surface area (Å²) in [5.41, 5.74) is 1.44. The highest BCUT2D eigenvalue weighted by Crippen LogP contribution is 2.24. The second-order valence-electron chi connectivity index (χ2n) is 5.37. The molecule has 4 nitrogen and oxygen atoms in total. The van der Waals surface area contributed by atoms with Crippen molar-refractivity contribution < 1.29 is 9.59 Å². The van der Waals surface area contributed by atoms with Gasteiger partial charge >= 0.3 is 0 Å². The number of amides is 2. The third-order valence-corrected chi connectivity index (χ3v) is 4.57. The first-order valence-electron chi connectivity index (χ1n) is 7.55. The Kier molecular flexibility index (Phi) is 5.66. The molecule has 2 aromatic carbocycles. The predicted octanol–water partition coefficient (Wildman–Crippen LogP) is 4.45. The minimum absolute atomic E-state index is 0.0207. The number of nitrogens with one attached hydrogen (secondary N) is 1. The van der Waals surface area contributed by atoms with Gasteiger partial charge in [0.1, 0.15) is 5.57 Å². The quantitative estimate of drug-likeness (QED) is 0.430. The third kappa shape index (κ3) is 4.09. The van der Waals surface area contributed by atoms with Gasteiger partial charge in [-0.2, -0.15) is 0 Å². The van der Waals surface area contributed by atoms with E-state index in [1.54, 1.807) is 24.3 Å². The van der Waals surface area contributed by atoms with Crippen molar-refractivity contribution in [2.24, 2.45) is 0 Å². The van der Waals surface area contributed by atoms with E-state index in [2.05, 4.69) is 21.2 Å². The first-order chi connectivity index (χ1) is 12.5. The summed E-state index contributed by atoms with van der Waals surface area (Å²) in [4.78, 5) is 26.4. The zero-order chi connectivity index (χ0) is 18.7. The van der Waals surface area contributed by atoms with Crippen LogP contribution in [0.15, 0.2) is 70.7 Å². The number of benzene rings is 2. The molecule has 0 saturated carbocycles. The van der Waals surface area contributed by atoms with Crippen LogP contribution in [0.1, 0.15) is 5.56 Å². The van der Waals surface area contributed by atoms with Crippen LogP contribution in [0.25, 0.3) is 6.08 Å². The van der Waals surface area contributed by atoms with E-state index < -0.39 is 11.8 Å². The number of hydrogen-bond acceptors (Lipinski definition) is 3. The summed E-state index contributed by atoms with van der Waals surface area (Å²) in [5.74, 6) is -1.04. The molecule has 7 heteroatoms. The molecule has 3 rings (SSSR count). The molecule has 2 amide bonds. The number of anilines is 1. The molecule has 26 heavy (non-hydrogen) atoms. The summed E-state index contributed by atoms with van der Waals surface area (Å²) in [6, 6.07) is 16.2. The van der Waals surface area contributed by atoms with Crippen LogP contribution in [-0.2, 0) is 9.59 Å². The van der Waals surface area contributed by atoms with E-state index in [4.69, 9.17) is 23.8 Å². The molecule has 2 aromatic rings. The first-order valence-corrected chi connectivity index (χ1v) is 9.13. The standard InChI is InChI=1S/C19H12BrClN2O2S/c20-13(10-12-4-2-1-3-5-12)11-16-17(24)22-19(26)23(18(16)25)15-8-6-14(21)7-9-15/h1-11H,(H,22,24,26)/b13-10-,16-11+. The Balaban J connectivity index is 1.94. The molecule has 0 atom stereocenters. The van der Waals surface area contributed by atoms with E-state index in [1.807, 2.05) is 36.4 Å². The number of hydrogen-bond donors (Lipinski definition) is 1. The Hall–Kier alpha value is -2.28. The Labute approximate surface area is 169 Å². The van der Waals surface area contributed by atoms with E-state index >= 15 is 0 Å². The maximum absolute atomic E-state index is 12.8. The number of rotatable bonds is 3. The molecule has 1 N–H and O–H groups in total. The van der Waals surface area contributed by atoms with Crippen LogP contribution in [0.2, 0.25) is 5.02 Å². The van der Waals surface area contributed by atoms with Crippen molar-refractivity contribution in [3.8, 4) is 0 Å². The molecule has 1 aliphatic heterocycles. The summed E-state index contributed by atoms with van der Waals surface area (Å²) < 4.78 is 0.589. The van der Waals surface area contributed by atoms with Crippen LogP contribution in [0.5, 0.6) is 0 Å². The molecule has 0 aliphatic carbocycles. The van der Waals surface area contributed by atoms with Gasteiger partial charge in [0.2, 0.25) is 0 Å². The van der Waals surface area contributed by atoms with Gasteiger partial charge in [-0.3, -0.25) is 19.8 Å². The number of nitrogens with zero attached hydrogens (tertiary/aromatic N) is 1. The zero-order valence-electron chi connectivity index (χ0n) is 13.3. The molecule has 0 radical (unpaired) electrons. The lowest BCUT2D eigenvalue weighted by Crippen LogP contribution is -2.54. The monoisotopic (exact) mass is 446 g/mol. The topological polar surface area (TPSA) is 49.4 Å². The molecular weight excluding hydrogens is 436 g/mol. The highest BCUT2D eigenvalue weighted by molar-refractivity contribution is 9.12. The van der Waals surface area contributed by atoms with Crippen molar-refractivity contribution in [3.63, 3.8) is 0 Å². The second-order valence-corrected chi connectivity index (χ2v) is 7.11. The molecule has 1 heterocycles.